The van der Waals surface area contributed by atoms with E-state index in [2.05, 4.69) is 19.7 Å². The normalized spacial score (nSPS) is 11.6. The van der Waals surface area contributed by atoms with E-state index in [4.69, 9.17) is 11.1 Å². The number of rotatable bonds is 6. The van der Waals surface area contributed by atoms with Gasteiger partial charge < -0.3 is 5.73 Å². The molecule has 0 aliphatic heterocycles. The minimum atomic E-state index is -3.17. The third-order valence-electron chi connectivity index (χ3n) is 1.77. The summed E-state index contributed by atoms with van der Waals surface area (Å²) in [6.07, 6.45) is 2.06. The van der Waals surface area contributed by atoms with Gasteiger partial charge in [-0.25, -0.2) is 17.8 Å². The maximum atomic E-state index is 10.8. The van der Waals surface area contributed by atoms with Gasteiger partial charge in [-0.1, -0.05) is 5.16 Å². The van der Waals surface area contributed by atoms with E-state index in [0.29, 0.717) is 25.1 Å². The molecule has 0 saturated heterocycles. The molecule has 0 saturated carbocycles. The topological polar surface area (TPSA) is 135 Å². The predicted octanol–water partition coefficient (Wildman–Crippen LogP) is -1.16. The van der Waals surface area contributed by atoms with Crippen LogP contribution in [0, 0.1) is 5.41 Å². The highest BCUT2D eigenvalue weighted by molar-refractivity contribution is 7.88. The van der Waals surface area contributed by atoms with E-state index >= 15 is 0 Å². The summed E-state index contributed by atoms with van der Waals surface area (Å²) in [4.78, 5) is 0. The van der Waals surface area contributed by atoms with Gasteiger partial charge in [0.1, 0.15) is 11.5 Å². The molecule has 1 rings (SSSR count). The first-order valence-electron chi connectivity index (χ1n) is 4.50. The Morgan fingerprint density at radius 2 is 2.25 bits per heavy atom. The summed E-state index contributed by atoms with van der Waals surface area (Å²) in [5, 5.41) is 14.2. The molecule has 0 bridgehead atoms. The summed E-state index contributed by atoms with van der Waals surface area (Å²) in [6.45, 7) is 0.295. The number of hydrogen-bond donors (Lipinski definition) is 3. The first kappa shape index (κ1) is 12.6. The van der Waals surface area contributed by atoms with Crippen LogP contribution in [-0.4, -0.2) is 37.4 Å². The van der Waals surface area contributed by atoms with E-state index in [0.717, 1.165) is 6.26 Å². The fourth-order valence-electron chi connectivity index (χ4n) is 1.09. The summed E-state index contributed by atoms with van der Waals surface area (Å²) < 4.78 is 28.3. The Bertz CT molecular complexity index is 466. The van der Waals surface area contributed by atoms with Gasteiger partial charge in [0.15, 0.2) is 5.69 Å². The Labute approximate surface area is 92.7 Å². The van der Waals surface area contributed by atoms with Crippen molar-refractivity contribution in [3.63, 3.8) is 0 Å². The standard InChI is InChI=1S/C7H13N5O3S/c1-16(13,14)10-4-2-3-5-6(7(8)9)12-15-11-5/h10H,2-4H2,1H3,(H3,8,9). The van der Waals surface area contributed by atoms with Crippen LogP contribution in [0.15, 0.2) is 4.63 Å². The lowest BCUT2D eigenvalue weighted by molar-refractivity contribution is 0.302. The monoisotopic (exact) mass is 247 g/mol. The van der Waals surface area contributed by atoms with Gasteiger partial charge in [-0.3, -0.25) is 5.41 Å². The number of hydrogen-bond acceptors (Lipinski definition) is 6. The highest BCUT2D eigenvalue weighted by atomic mass is 32.2. The lowest BCUT2D eigenvalue weighted by Crippen LogP contribution is -2.23. The Morgan fingerprint density at radius 3 is 2.81 bits per heavy atom. The number of aryl methyl sites for hydroxylation is 1. The second-order valence-corrected chi connectivity index (χ2v) is 5.08. The van der Waals surface area contributed by atoms with Crippen molar-refractivity contribution >= 4 is 15.9 Å². The minimum Gasteiger partial charge on any atom is -0.382 e. The Balaban J connectivity index is 2.43. The Hall–Kier alpha value is -1.48. The molecule has 8 nitrogen and oxygen atoms in total. The number of sulfonamides is 1. The molecule has 1 aromatic rings. The second-order valence-electron chi connectivity index (χ2n) is 3.24. The predicted molar refractivity (Wildman–Crippen MR) is 56.5 cm³/mol. The van der Waals surface area contributed by atoms with E-state index in [9.17, 15) is 8.42 Å². The van der Waals surface area contributed by atoms with Crippen molar-refractivity contribution in [1.82, 2.24) is 15.0 Å². The van der Waals surface area contributed by atoms with Crippen LogP contribution in [0.5, 0.6) is 0 Å². The molecule has 4 N–H and O–H groups in total. The fraction of sp³-hybridized carbons (Fsp3) is 0.571. The summed E-state index contributed by atoms with van der Waals surface area (Å²) >= 11 is 0. The minimum absolute atomic E-state index is 0.208. The van der Waals surface area contributed by atoms with Gasteiger partial charge in [0.2, 0.25) is 10.0 Å². The summed E-state index contributed by atoms with van der Waals surface area (Å²) in [7, 11) is -3.17. The van der Waals surface area contributed by atoms with E-state index in [1.165, 1.54) is 0 Å². The van der Waals surface area contributed by atoms with Crippen LogP contribution in [0.4, 0.5) is 0 Å². The molecule has 0 fully saturated rings. The van der Waals surface area contributed by atoms with Gasteiger partial charge in [-0.05, 0) is 18.0 Å². The summed E-state index contributed by atoms with van der Waals surface area (Å²) in [5.41, 5.74) is 5.91. The van der Waals surface area contributed by atoms with Crippen LogP contribution in [0.1, 0.15) is 17.8 Å². The smallest absolute Gasteiger partial charge is 0.208 e. The van der Waals surface area contributed by atoms with Crippen molar-refractivity contribution in [3.8, 4) is 0 Å². The molecule has 0 aromatic carbocycles. The van der Waals surface area contributed by atoms with Crippen LogP contribution < -0.4 is 10.5 Å². The summed E-state index contributed by atoms with van der Waals surface area (Å²) in [6, 6.07) is 0. The third kappa shape index (κ3) is 3.95. The van der Waals surface area contributed by atoms with E-state index in [1.807, 2.05) is 0 Å². The second kappa shape index (κ2) is 5.03. The number of nitrogens with one attached hydrogen (secondary N) is 2. The van der Waals surface area contributed by atoms with Crippen LogP contribution in [0.3, 0.4) is 0 Å². The van der Waals surface area contributed by atoms with E-state index in [1.54, 1.807) is 0 Å². The highest BCUT2D eigenvalue weighted by Gasteiger charge is 2.12. The van der Waals surface area contributed by atoms with Crippen molar-refractivity contribution in [2.24, 2.45) is 5.73 Å². The lowest BCUT2D eigenvalue weighted by atomic mass is 10.2. The molecule has 0 aliphatic carbocycles. The first-order chi connectivity index (χ1) is 7.40. The molecule has 90 valence electrons. The van der Waals surface area contributed by atoms with Gasteiger partial charge in [0, 0.05) is 6.54 Å². The molecule has 0 atom stereocenters. The maximum absolute atomic E-state index is 10.8. The number of nitrogens with zero attached hydrogens (tertiary/aromatic N) is 2. The molecule has 0 radical (unpaired) electrons. The lowest BCUT2D eigenvalue weighted by Gasteiger charge is -2.00. The van der Waals surface area contributed by atoms with Crippen LogP contribution in [0.2, 0.25) is 0 Å². The molecule has 0 aliphatic rings. The van der Waals surface area contributed by atoms with Crippen LogP contribution >= 0.6 is 0 Å². The zero-order chi connectivity index (χ0) is 12.2. The molecule has 1 heterocycles. The number of aromatic nitrogens is 2. The average molecular weight is 247 g/mol. The molecule has 9 heteroatoms. The fourth-order valence-corrected chi connectivity index (χ4v) is 1.60. The van der Waals surface area contributed by atoms with Crippen molar-refractivity contribution < 1.29 is 13.0 Å². The number of nitrogen functional groups attached to an aromatic ring is 1. The van der Waals surface area contributed by atoms with Gasteiger partial charge >= 0.3 is 0 Å². The van der Waals surface area contributed by atoms with Crippen molar-refractivity contribution in [2.45, 2.75) is 12.8 Å². The van der Waals surface area contributed by atoms with Crippen molar-refractivity contribution in [2.75, 3.05) is 12.8 Å². The molecule has 0 unspecified atom stereocenters. The third-order valence-corrected chi connectivity index (χ3v) is 2.49. The number of nitrogens with two attached hydrogens (primary N) is 1. The van der Waals surface area contributed by atoms with E-state index in [-0.39, 0.29) is 11.5 Å². The SMILES string of the molecule is CS(=O)(=O)NCCCc1nonc1C(=N)N. The van der Waals surface area contributed by atoms with Gasteiger partial charge in [-0.2, -0.15) is 0 Å². The average Bonchev–Trinajstić information content (AvgIpc) is 2.58. The van der Waals surface area contributed by atoms with Crippen molar-refractivity contribution in [3.05, 3.63) is 11.4 Å². The zero-order valence-corrected chi connectivity index (χ0v) is 9.54. The van der Waals surface area contributed by atoms with E-state index < -0.39 is 10.0 Å². The highest BCUT2D eigenvalue weighted by Crippen LogP contribution is 2.04. The molecule has 16 heavy (non-hydrogen) atoms. The Kier molecular flexibility index (Phi) is 3.96. The molecular weight excluding hydrogens is 234 g/mol. The van der Waals surface area contributed by atoms with Gasteiger partial charge in [-0.15, -0.1) is 0 Å². The maximum Gasteiger partial charge on any atom is 0.208 e. The molecular formula is C7H13N5O3S. The summed E-state index contributed by atoms with van der Waals surface area (Å²) in [5.74, 6) is -0.215. The van der Waals surface area contributed by atoms with Gasteiger partial charge in [0.05, 0.1) is 6.26 Å². The zero-order valence-electron chi connectivity index (χ0n) is 8.73. The van der Waals surface area contributed by atoms with Crippen LogP contribution in [-0.2, 0) is 16.4 Å². The van der Waals surface area contributed by atoms with Gasteiger partial charge in [0.25, 0.3) is 0 Å². The Morgan fingerprint density at radius 1 is 1.56 bits per heavy atom. The molecule has 0 spiro atoms. The largest absolute Gasteiger partial charge is 0.382 e. The molecule has 1 aromatic heterocycles. The molecule has 0 amide bonds. The van der Waals surface area contributed by atoms with Crippen molar-refractivity contribution in [1.29, 1.82) is 5.41 Å². The first-order valence-corrected chi connectivity index (χ1v) is 6.40. The number of amidine groups is 1. The van der Waals surface area contributed by atoms with Crippen LogP contribution in [0.25, 0.3) is 0 Å². The quantitative estimate of drug-likeness (QED) is 0.329.